The molecule has 0 amide bonds. The van der Waals surface area contributed by atoms with Crippen LogP contribution in [0.5, 0.6) is 0 Å². The van der Waals surface area contributed by atoms with Gasteiger partial charge in [0.05, 0.1) is 0 Å². The molecular formula is C10H20N2. The average Bonchev–Trinajstić information content (AvgIpc) is 2.55. The number of nitrogens with two attached hydrogens (primary N) is 1. The first-order valence-corrected chi connectivity index (χ1v) is 4.90. The summed E-state index contributed by atoms with van der Waals surface area (Å²) in [6.07, 6.45) is 7.23. The summed E-state index contributed by atoms with van der Waals surface area (Å²) in [5.41, 5.74) is 2.82. The van der Waals surface area contributed by atoms with Crippen LogP contribution in [0.2, 0.25) is 0 Å². The zero-order valence-corrected chi connectivity index (χ0v) is 7.92. The molecule has 1 fully saturated rings. The van der Waals surface area contributed by atoms with E-state index in [1.165, 1.54) is 25.7 Å². The molecule has 70 valence electrons. The quantitative estimate of drug-likeness (QED) is 0.382. The van der Waals surface area contributed by atoms with Gasteiger partial charge in [-0.1, -0.05) is 25.8 Å². The van der Waals surface area contributed by atoms with Crippen molar-refractivity contribution >= 4 is 0 Å². The minimum Gasteiger partial charge on any atom is -0.271 e. The monoisotopic (exact) mass is 168 g/mol. The predicted molar refractivity (Wildman–Crippen MR) is 52.4 cm³/mol. The van der Waals surface area contributed by atoms with Crippen LogP contribution in [0.15, 0.2) is 12.7 Å². The molecule has 1 aliphatic carbocycles. The Morgan fingerprint density at radius 2 is 2.42 bits per heavy atom. The highest BCUT2D eigenvalue weighted by Crippen LogP contribution is 2.34. The largest absolute Gasteiger partial charge is 0.271 e. The highest BCUT2D eigenvalue weighted by Gasteiger charge is 2.27. The van der Waals surface area contributed by atoms with Crippen molar-refractivity contribution in [3.63, 3.8) is 0 Å². The molecule has 0 heterocycles. The van der Waals surface area contributed by atoms with Gasteiger partial charge in [0.2, 0.25) is 0 Å². The van der Waals surface area contributed by atoms with Gasteiger partial charge < -0.3 is 0 Å². The third kappa shape index (κ3) is 2.08. The Balaban J connectivity index is 2.39. The molecule has 0 bridgehead atoms. The maximum Gasteiger partial charge on any atom is 0.0416 e. The number of hydrogen-bond acceptors (Lipinski definition) is 2. The fourth-order valence-electron chi connectivity index (χ4n) is 2.21. The molecule has 12 heavy (non-hydrogen) atoms. The third-order valence-electron chi connectivity index (χ3n) is 3.11. The van der Waals surface area contributed by atoms with Crippen molar-refractivity contribution in [2.24, 2.45) is 17.7 Å². The van der Waals surface area contributed by atoms with Crippen molar-refractivity contribution in [3.8, 4) is 0 Å². The van der Waals surface area contributed by atoms with Crippen LogP contribution >= 0.6 is 0 Å². The van der Waals surface area contributed by atoms with Crippen LogP contribution in [0.4, 0.5) is 0 Å². The van der Waals surface area contributed by atoms with Gasteiger partial charge in [-0.25, -0.2) is 0 Å². The smallest absolute Gasteiger partial charge is 0.0416 e. The van der Waals surface area contributed by atoms with Crippen molar-refractivity contribution in [1.29, 1.82) is 0 Å². The summed E-state index contributed by atoms with van der Waals surface area (Å²) < 4.78 is 0. The highest BCUT2D eigenvalue weighted by atomic mass is 15.2. The van der Waals surface area contributed by atoms with Gasteiger partial charge in [0.25, 0.3) is 0 Å². The number of hydrazine groups is 1. The molecule has 2 nitrogen and oxygen atoms in total. The molecule has 0 aliphatic heterocycles. The average molecular weight is 168 g/mol. The van der Waals surface area contributed by atoms with E-state index in [-0.39, 0.29) is 0 Å². The first-order chi connectivity index (χ1) is 5.81. The van der Waals surface area contributed by atoms with Crippen molar-refractivity contribution in [2.75, 3.05) is 0 Å². The summed E-state index contributed by atoms with van der Waals surface area (Å²) in [5, 5.41) is 0. The summed E-state index contributed by atoms with van der Waals surface area (Å²) in [4.78, 5) is 0. The number of hydrogen-bond donors (Lipinski definition) is 2. The zero-order chi connectivity index (χ0) is 8.97. The second kappa shape index (κ2) is 4.63. The molecule has 0 aromatic heterocycles. The van der Waals surface area contributed by atoms with Crippen LogP contribution < -0.4 is 11.3 Å². The molecule has 3 atom stereocenters. The molecule has 0 radical (unpaired) electrons. The second-order valence-corrected chi connectivity index (χ2v) is 3.78. The van der Waals surface area contributed by atoms with Crippen LogP contribution in [-0.2, 0) is 0 Å². The Bertz CT molecular complexity index is 145. The van der Waals surface area contributed by atoms with Gasteiger partial charge >= 0.3 is 0 Å². The van der Waals surface area contributed by atoms with Crippen LogP contribution in [0, 0.1) is 11.8 Å². The van der Waals surface area contributed by atoms with Gasteiger partial charge in [0, 0.05) is 6.04 Å². The molecule has 2 heteroatoms. The van der Waals surface area contributed by atoms with Crippen molar-refractivity contribution < 1.29 is 0 Å². The van der Waals surface area contributed by atoms with Crippen LogP contribution in [-0.4, -0.2) is 6.04 Å². The summed E-state index contributed by atoms with van der Waals surface area (Å²) in [6, 6.07) is 0.321. The molecule has 3 N–H and O–H groups in total. The fraction of sp³-hybridized carbons (Fsp3) is 0.800. The Kier molecular flexibility index (Phi) is 3.76. The lowest BCUT2D eigenvalue weighted by Crippen LogP contribution is -2.38. The van der Waals surface area contributed by atoms with E-state index in [1.807, 2.05) is 6.08 Å². The van der Waals surface area contributed by atoms with Gasteiger partial charge in [0.15, 0.2) is 0 Å². The SMILES string of the molecule is C=CC(NN)C1CCC(CC)C1. The van der Waals surface area contributed by atoms with E-state index >= 15 is 0 Å². The fourth-order valence-corrected chi connectivity index (χ4v) is 2.21. The van der Waals surface area contributed by atoms with Gasteiger partial charge in [-0.2, -0.15) is 0 Å². The minimum atomic E-state index is 0.321. The molecule has 3 unspecified atom stereocenters. The standard InChI is InChI=1S/C10H20N2/c1-3-8-5-6-9(7-8)10(4-2)12-11/h4,8-10,12H,2-3,5-7,11H2,1H3. The Morgan fingerprint density at radius 3 is 2.83 bits per heavy atom. The third-order valence-corrected chi connectivity index (χ3v) is 3.11. The Labute approximate surface area is 75.2 Å². The molecule has 0 aromatic carbocycles. The number of rotatable bonds is 4. The van der Waals surface area contributed by atoms with Crippen LogP contribution in [0.25, 0.3) is 0 Å². The summed E-state index contributed by atoms with van der Waals surface area (Å²) >= 11 is 0. The Hall–Kier alpha value is -0.340. The van der Waals surface area contributed by atoms with E-state index in [4.69, 9.17) is 5.84 Å². The summed E-state index contributed by atoms with van der Waals surface area (Å²) in [7, 11) is 0. The van der Waals surface area contributed by atoms with Crippen molar-refractivity contribution in [3.05, 3.63) is 12.7 Å². The van der Waals surface area contributed by atoms with E-state index in [2.05, 4.69) is 18.9 Å². The zero-order valence-electron chi connectivity index (χ0n) is 7.92. The van der Waals surface area contributed by atoms with Crippen molar-refractivity contribution in [1.82, 2.24) is 5.43 Å². The molecule has 0 aromatic rings. The molecule has 0 saturated heterocycles. The lowest BCUT2D eigenvalue weighted by Gasteiger charge is -2.18. The molecule has 0 spiro atoms. The van der Waals surface area contributed by atoms with Gasteiger partial charge in [-0.05, 0) is 24.7 Å². The molecule has 1 aliphatic rings. The minimum absolute atomic E-state index is 0.321. The van der Waals surface area contributed by atoms with E-state index in [9.17, 15) is 0 Å². The van der Waals surface area contributed by atoms with Gasteiger partial charge in [0.1, 0.15) is 0 Å². The maximum atomic E-state index is 5.43. The Morgan fingerprint density at radius 1 is 1.67 bits per heavy atom. The topological polar surface area (TPSA) is 38.0 Å². The van der Waals surface area contributed by atoms with Gasteiger partial charge in [-0.3, -0.25) is 11.3 Å². The normalized spacial score (nSPS) is 31.8. The van der Waals surface area contributed by atoms with Crippen molar-refractivity contribution in [2.45, 2.75) is 38.6 Å². The number of nitrogens with one attached hydrogen (secondary N) is 1. The van der Waals surface area contributed by atoms with Crippen LogP contribution in [0.1, 0.15) is 32.6 Å². The summed E-state index contributed by atoms with van der Waals surface area (Å²) in [6.45, 7) is 6.05. The first-order valence-electron chi connectivity index (χ1n) is 4.90. The van der Waals surface area contributed by atoms with E-state index in [0.29, 0.717) is 6.04 Å². The maximum absolute atomic E-state index is 5.43. The second-order valence-electron chi connectivity index (χ2n) is 3.78. The molecule has 1 saturated carbocycles. The predicted octanol–water partition coefficient (Wildman–Crippen LogP) is 1.83. The van der Waals surface area contributed by atoms with E-state index < -0.39 is 0 Å². The lowest BCUT2D eigenvalue weighted by atomic mass is 9.96. The summed E-state index contributed by atoms with van der Waals surface area (Å²) in [5.74, 6) is 7.07. The van der Waals surface area contributed by atoms with E-state index in [0.717, 1.165) is 11.8 Å². The molecular weight excluding hydrogens is 148 g/mol. The van der Waals surface area contributed by atoms with Gasteiger partial charge in [-0.15, -0.1) is 6.58 Å². The van der Waals surface area contributed by atoms with Crippen LogP contribution in [0.3, 0.4) is 0 Å². The first kappa shape index (κ1) is 9.75. The van der Waals surface area contributed by atoms with E-state index in [1.54, 1.807) is 0 Å². The lowest BCUT2D eigenvalue weighted by molar-refractivity contribution is 0.400. The molecule has 1 rings (SSSR count). The highest BCUT2D eigenvalue weighted by molar-refractivity contribution is 4.93.